The van der Waals surface area contributed by atoms with E-state index in [0.29, 0.717) is 34.9 Å². The molecule has 37 heavy (non-hydrogen) atoms. The zero-order valence-electron chi connectivity index (χ0n) is 19.7. The van der Waals surface area contributed by atoms with Gasteiger partial charge in [0, 0.05) is 17.2 Å². The molecule has 0 aromatic heterocycles. The van der Waals surface area contributed by atoms with E-state index in [9.17, 15) is 24.6 Å². The summed E-state index contributed by atoms with van der Waals surface area (Å²) >= 11 is 8.46. The van der Waals surface area contributed by atoms with E-state index in [1.165, 1.54) is 36.0 Å². The van der Waals surface area contributed by atoms with Crippen molar-refractivity contribution in [2.45, 2.75) is 40.8 Å². The zero-order valence-corrected chi connectivity index (χ0v) is 21.2. The van der Waals surface area contributed by atoms with E-state index in [1.807, 2.05) is 0 Å². The monoisotopic (exact) mass is 543 g/mol. The van der Waals surface area contributed by atoms with Crippen molar-refractivity contribution in [2.75, 3.05) is 11.9 Å². The molecular formula is C26H23ClFN3O5S. The topological polar surface area (TPSA) is 108 Å². The maximum absolute atomic E-state index is 13.7. The average molecular weight is 544 g/mol. The number of thioether (sulfide) groups is 1. The molecule has 0 bridgehead atoms. The fourth-order valence-corrected chi connectivity index (χ4v) is 7.39. The SMILES string of the molecule is CCOc1cc2c(c([N+](=O)[O-])c1)N[C@H](c1ccc(F)cc1)[C@@H]1C[C@H](Sc3ccccc3[N+](=O)[O-])[C@@H](Cl)[C@H]21. The van der Waals surface area contributed by atoms with Crippen LogP contribution in [-0.2, 0) is 0 Å². The lowest BCUT2D eigenvalue weighted by Gasteiger charge is -2.38. The Balaban J connectivity index is 1.61. The second kappa shape index (κ2) is 10.2. The van der Waals surface area contributed by atoms with Gasteiger partial charge in [0.15, 0.2) is 0 Å². The van der Waals surface area contributed by atoms with Crippen LogP contribution < -0.4 is 10.1 Å². The number of alkyl halides is 1. The number of nitro benzene ring substituents is 2. The molecule has 1 fully saturated rings. The number of benzene rings is 3. The van der Waals surface area contributed by atoms with Crippen LogP contribution in [0, 0.1) is 32.0 Å². The molecule has 3 aromatic carbocycles. The molecule has 0 unspecified atom stereocenters. The molecule has 2 aliphatic rings. The molecular weight excluding hydrogens is 521 g/mol. The number of nitrogens with zero attached hydrogens (tertiary/aromatic N) is 2. The summed E-state index contributed by atoms with van der Waals surface area (Å²) in [6.07, 6.45) is 0.594. The van der Waals surface area contributed by atoms with Crippen molar-refractivity contribution in [1.29, 1.82) is 0 Å². The zero-order chi connectivity index (χ0) is 26.3. The molecule has 0 saturated heterocycles. The van der Waals surface area contributed by atoms with Gasteiger partial charge < -0.3 is 10.1 Å². The number of para-hydroxylation sites is 1. The van der Waals surface area contributed by atoms with E-state index < -0.39 is 15.2 Å². The second-order valence-electron chi connectivity index (χ2n) is 9.02. The lowest BCUT2D eigenvalue weighted by Crippen LogP contribution is -2.31. The Kier molecular flexibility index (Phi) is 6.96. The largest absolute Gasteiger partial charge is 0.494 e. The summed E-state index contributed by atoms with van der Waals surface area (Å²) in [5, 5.41) is 26.3. The fourth-order valence-electron chi connectivity index (χ4n) is 5.44. The van der Waals surface area contributed by atoms with Crippen LogP contribution in [0.2, 0.25) is 0 Å². The molecule has 1 aliphatic carbocycles. The lowest BCUT2D eigenvalue weighted by atomic mass is 9.77. The van der Waals surface area contributed by atoms with Gasteiger partial charge in [-0.1, -0.05) is 24.3 Å². The molecule has 8 nitrogen and oxygen atoms in total. The van der Waals surface area contributed by atoms with Crippen LogP contribution in [0.3, 0.4) is 0 Å². The summed E-state index contributed by atoms with van der Waals surface area (Å²) in [4.78, 5) is 23.3. The predicted molar refractivity (Wildman–Crippen MR) is 140 cm³/mol. The van der Waals surface area contributed by atoms with E-state index in [4.69, 9.17) is 16.3 Å². The Morgan fingerprint density at radius 3 is 2.46 bits per heavy atom. The van der Waals surface area contributed by atoms with Gasteiger partial charge in [-0.15, -0.1) is 23.4 Å². The van der Waals surface area contributed by atoms with Crippen molar-refractivity contribution < 1.29 is 19.0 Å². The first-order chi connectivity index (χ1) is 17.8. The highest BCUT2D eigenvalue weighted by molar-refractivity contribution is 8.00. The molecule has 0 spiro atoms. The van der Waals surface area contributed by atoms with Crippen LogP contribution in [0.1, 0.15) is 36.4 Å². The molecule has 5 rings (SSSR count). The van der Waals surface area contributed by atoms with E-state index in [-0.39, 0.29) is 40.3 Å². The summed E-state index contributed by atoms with van der Waals surface area (Å²) in [7, 11) is 0. The van der Waals surface area contributed by atoms with E-state index in [2.05, 4.69) is 5.32 Å². The summed E-state index contributed by atoms with van der Waals surface area (Å²) in [5.41, 5.74) is 1.72. The van der Waals surface area contributed by atoms with Gasteiger partial charge in [-0.3, -0.25) is 20.2 Å². The van der Waals surface area contributed by atoms with Gasteiger partial charge in [0.05, 0.1) is 38.8 Å². The first kappa shape index (κ1) is 25.3. The minimum absolute atomic E-state index is 0.00844. The molecule has 1 heterocycles. The van der Waals surface area contributed by atoms with E-state index in [1.54, 1.807) is 43.3 Å². The molecule has 192 valence electrons. The molecule has 0 amide bonds. The number of fused-ring (bicyclic) bond motifs is 3. The van der Waals surface area contributed by atoms with Gasteiger partial charge in [-0.2, -0.15) is 0 Å². The van der Waals surface area contributed by atoms with Crippen molar-refractivity contribution in [1.82, 2.24) is 0 Å². The van der Waals surface area contributed by atoms with Gasteiger partial charge in [0.25, 0.3) is 11.4 Å². The van der Waals surface area contributed by atoms with Gasteiger partial charge in [0.2, 0.25) is 0 Å². The maximum Gasteiger partial charge on any atom is 0.296 e. The normalized spacial score (nSPS) is 24.0. The van der Waals surface area contributed by atoms with Crippen molar-refractivity contribution in [2.24, 2.45) is 5.92 Å². The Bertz CT molecular complexity index is 1360. The van der Waals surface area contributed by atoms with Gasteiger partial charge >= 0.3 is 0 Å². The van der Waals surface area contributed by atoms with Crippen molar-refractivity contribution in [3.8, 4) is 5.75 Å². The number of nitro groups is 2. The summed E-state index contributed by atoms with van der Waals surface area (Å²) < 4.78 is 19.4. The van der Waals surface area contributed by atoms with Gasteiger partial charge in [-0.05, 0) is 54.7 Å². The number of halogens is 2. The molecule has 5 atom stereocenters. The van der Waals surface area contributed by atoms with Crippen molar-refractivity contribution in [3.05, 3.63) is 97.8 Å². The second-order valence-corrected chi connectivity index (χ2v) is 10.8. The number of hydrogen-bond donors (Lipinski definition) is 1. The average Bonchev–Trinajstić information content (AvgIpc) is 3.20. The van der Waals surface area contributed by atoms with Gasteiger partial charge in [0.1, 0.15) is 17.3 Å². The third-order valence-corrected chi connectivity index (χ3v) is 9.06. The third-order valence-electron chi connectivity index (χ3n) is 6.95. The highest BCUT2D eigenvalue weighted by Gasteiger charge is 2.52. The Morgan fingerprint density at radius 2 is 1.78 bits per heavy atom. The van der Waals surface area contributed by atoms with Crippen LogP contribution in [0.15, 0.2) is 65.6 Å². The molecule has 11 heteroatoms. The molecule has 1 aliphatic heterocycles. The Labute approximate surface area is 221 Å². The lowest BCUT2D eigenvalue weighted by molar-refractivity contribution is -0.387. The Morgan fingerprint density at radius 1 is 1.08 bits per heavy atom. The van der Waals surface area contributed by atoms with Crippen LogP contribution in [0.4, 0.5) is 21.5 Å². The van der Waals surface area contributed by atoms with E-state index >= 15 is 0 Å². The minimum Gasteiger partial charge on any atom is -0.494 e. The summed E-state index contributed by atoms with van der Waals surface area (Å²) in [6, 6.07) is 15.4. The Hall–Kier alpha value is -3.37. The standard InChI is InChI=1S/C26H23ClFN3O5S/c1-2-36-16-11-17-23-18(13-22(24(23)27)37-21-6-4-3-5-19(21)30(32)33)25(14-7-9-15(28)10-8-14)29-26(17)20(12-16)31(34)35/h3-12,18,22-25,29H,2,13H2,1H3/t18-,22+,23-,24-,25-/m1/s1. The molecule has 1 N–H and O–H groups in total. The molecule has 0 radical (unpaired) electrons. The quantitative estimate of drug-likeness (QED) is 0.193. The van der Waals surface area contributed by atoms with Crippen LogP contribution in [-0.4, -0.2) is 27.1 Å². The number of rotatable bonds is 7. The number of ether oxygens (including phenoxy) is 1. The number of hydrogen-bond acceptors (Lipinski definition) is 7. The predicted octanol–water partition coefficient (Wildman–Crippen LogP) is 7.08. The highest BCUT2D eigenvalue weighted by Crippen LogP contribution is 2.59. The van der Waals surface area contributed by atoms with Crippen LogP contribution >= 0.6 is 23.4 Å². The van der Waals surface area contributed by atoms with Crippen molar-refractivity contribution >= 4 is 40.4 Å². The first-order valence-electron chi connectivity index (χ1n) is 11.8. The van der Waals surface area contributed by atoms with E-state index in [0.717, 1.165) is 5.56 Å². The number of nitrogens with one attached hydrogen (secondary N) is 1. The maximum atomic E-state index is 13.7. The van der Waals surface area contributed by atoms with Crippen LogP contribution in [0.5, 0.6) is 5.75 Å². The summed E-state index contributed by atoms with van der Waals surface area (Å²) in [6.45, 7) is 2.15. The third kappa shape index (κ3) is 4.71. The van der Waals surface area contributed by atoms with Gasteiger partial charge in [-0.25, -0.2) is 4.39 Å². The molecule has 1 saturated carbocycles. The van der Waals surface area contributed by atoms with Crippen LogP contribution in [0.25, 0.3) is 0 Å². The van der Waals surface area contributed by atoms with Crippen molar-refractivity contribution in [3.63, 3.8) is 0 Å². The highest BCUT2D eigenvalue weighted by atomic mass is 35.5. The minimum atomic E-state index is -0.477. The first-order valence-corrected chi connectivity index (χ1v) is 13.1. The summed E-state index contributed by atoms with van der Waals surface area (Å²) in [5.74, 6) is -0.396. The fraction of sp³-hybridized carbons (Fsp3) is 0.308. The smallest absolute Gasteiger partial charge is 0.296 e. The number of anilines is 1. The molecule has 3 aromatic rings.